The van der Waals surface area contributed by atoms with Gasteiger partial charge in [-0.25, -0.2) is 0 Å². The van der Waals surface area contributed by atoms with E-state index in [1.165, 1.54) is 22.2 Å². The molecule has 0 aliphatic heterocycles. The van der Waals surface area contributed by atoms with E-state index in [0.29, 0.717) is 0 Å². The predicted octanol–water partition coefficient (Wildman–Crippen LogP) is 4.62. The van der Waals surface area contributed by atoms with E-state index < -0.39 is 0 Å². The van der Waals surface area contributed by atoms with Gasteiger partial charge in [0.25, 0.3) is 0 Å². The van der Waals surface area contributed by atoms with Crippen LogP contribution in [0.2, 0.25) is 0 Å². The molecule has 0 spiro atoms. The summed E-state index contributed by atoms with van der Waals surface area (Å²) in [5.74, 6) is 0. The molecule has 0 radical (unpaired) electrons. The zero-order valence-corrected chi connectivity index (χ0v) is 12.6. The molecule has 2 nitrogen and oxygen atoms in total. The molecule has 0 amide bonds. The number of aryl methyl sites for hydroxylation is 2. The molecule has 0 atom stereocenters. The van der Waals surface area contributed by atoms with Crippen LogP contribution in [-0.2, 0) is 13.0 Å². The lowest BCUT2D eigenvalue weighted by molar-refractivity contribution is 0.797. The normalized spacial score (nSPS) is 11.1. The van der Waals surface area contributed by atoms with Gasteiger partial charge in [-0.15, -0.1) is 0 Å². The van der Waals surface area contributed by atoms with E-state index in [1.54, 1.807) is 0 Å². The zero-order chi connectivity index (χ0) is 14.1. The topological polar surface area (TPSA) is 20.7 Å². The van der Waals surface area contributed by atoms with Crippen LogP contribution in [0.15, 0.2) is 42.5 Å². The van der Waals surface area contributed by atoms with Gasteiger partial charge < -0.3 is 9.55 Å². The highest BCUT2D eigenvalue weighted by molar-refractivity contribution is 7.71. The van der Waals surface area contributed by atoms with Crippen molar-refractivity contribution in [3.8, 4) is 0 Å². The van der Waals surface area contributed by atoms with Gasteiger partial charge in [0.05, 0.1) is 17.6 Å². The lowest BCUT2D eigenvalue weighted by Gasteiger charge is -2.10. The van der Waals surface area contributed by atoms with E-state index >= 15 is 0 Å². The Hall–Kier alpha value is -1.87. The first-order valence-electron chi connectivity index (χ1n) is 6.95. The Morgan fingerprint density at radius 1 is 1.05 bits per heavy atom. The molecule has 0 aliphatic carbocycles. The Labute approximate surface area is 124 Å². The minimum atomic E-state index is 0.792. The number of rotatable bonds is 3. The van der Waals surface area contributed by atoms with Gasteiger partial charge in [-0.1, -0.05) is 43.3 Å². The minimum Gasteiger partial charge on any atom is -0.331 e. The minimum absolute atomic E-state index is 0.792. The van der Waals surface area contributed by atoms with Crippen LogP contribution in [0, 0.1) is 11.7 Å². The molecular formula is C17H18N2S. The van der Waals surface area contributed by atoms with E-state index in [9.17, 15) is 0 Å². The summed E-state index contributed by atoms with van der Waals surface area (Å²) in [5.41, 5.74) is 6.31. The van der Waals surface area contributed by atoms with Gasteiger partial charge in [0.15, 0.2) is 4.77 Å². The van der Waals surface area contributed by atoms with Crippen LogP contribution in [0.3, 0.4) is 0 Å². The molecule has 1 heterocycles. The summed E-state index contributed by atoms with van der Waals surface area (Å²) in [6.07, 6.45) is 1.05. The van der Waals surface area contributed by atoms with Crippen molar-refractivity contribution >= 4 is 23.3 Å². The molecule has 0 bridgehead atoms. The first-order chi connectivity index (χ1) is 9.70. The van der Waals surface area contributed by atoms with E-state index in [4.69, 9.17) is 12.2 Å². The maximum absolute atomic E-state index is 5.50. The van der Waals surface area contributed by atoms with Gasteiger partial charge in [-0.3, -0.25) is 0 Å². The smallest absolute Gasteiger partial charge is 0.178 e. The van der Waals surface area contributed by atoms with Crippen molar-refractivity contribution in [1.82, 2.24) is 9.55 Å². The summed E-state index contributed by atoms with van der Waals surface area (Å²) in [4.78, 5) is 3.30. The first kappa shape index (κ1) is 13.1. The van der Waals surface area contributed by atoms with E-state index in [0.717, 1.165) is 23.3 Å². The fraction of sp³-hybridized carbons (Fsp3) is 0.235. The van der Waals surface area contributed by atoms with Gasteiger partial charge in [-0.05, 0) is 48.3 Å². The Balaban J connectivity index is 2.16. The van der Waals surface area contributed by atoms with Crippen LogP contribution in [0.25, 0.3) is 11.0 Å². The number of fused-ring (bicyclic) bond motifs is 1. The van der Waals surface area contributed by atoms with Crippen LogP contribution < -0.4 is 0 Å². The van der Waals surface area contributed by atoms with Crippen molar-refractivity contribution in [3.63, 3.8) is 0 Å². The number of aromatic nitrogens is 2. The maximum atomic E-state index is 5.50. The zero-order valence-electron chi connectivity index (χ0n) is 11.8. The molecule has 0 saturated heterocycles. The van der Waals surface area contributed by atoms with Gasteiger partial charge in [0.2, 0.25) is 0 Å². The molecular weight excluding hydrogens is 264 g/mol. The third-order valence-electron chi connectivity index (χ3n) is 3.82. The molecule has 0 saturated carbocycles. The number of nitrogens with zero attached hydrogens (tertiary/aromatic N) is 1. The largest absolute Gasteiger partial charge is 0.331 e. The average Bonchev–Trinajstić information content (AvgIpc) is 2.77. The van der Waals surface area contributed by atoms with Crippen molar-refractivity contribution < 1.29 is 0 Å². The highest BCUT2D eigenvalue weighted by atomic mass is 32.1. The molecule has 3 aromatic rings. The Bertz CT molecular complexity index is 811. The number of hydrogen-bond donors (Lipinski definition) is 1. The van der Waals surface area contributed by atoms with Crippen LogP contribution in [0.4, 0.5) is 0 Å². The summed E-state index contributed by atoms with van der Waals surface area (Å²) in [5, 5.41) is 0. The van der Waals surface area contributed by atoms with Crippen LogP contribution in [0.1, 0.15) is 23.6 Å². The van der Waals surface area contributed by atoms with Crippen molar-refractivity contribution in [2.24, 2.45) is 0 Å². The SMILES string of the molecule is CCc1ccccc1Cn1c(=S)[nH]c2cccc(C)c21. The van der Waals surface area contributed by atoms with E-state index in [-0.39, 0.29) is 0 Å². The second kappa shape index (κ2) is 5.25. The lowest BCUT2D eigenvalue weighted by atomic mass is 10.1. The Morgan fingerprint density at radius 3 is 2.55 bits per heavy atom. The number of hydrogen-bond acceptors (Lipinski definition) is 1. The summed E-state index contributed by atoms with van der Waals surface area (Å²) in [6, 6.07) is 14.9. The van der Waals surface area contributed by atoms with E-state index in [2.05, 4.69) is 65.9 Å². The van der Waals surface area contributed by atoms with Crippen LogP contribution in [-0.4, -0.2) is 9.55 Å². The summed E-state index contributed by atoms with van der Waals surface area (Å²) in [6.45, 7) is 5.15. The molecule has 3 rings (SSSR count). The van der Waals surface area contributed by atoms with Gasteiger partial charge in [0.1, 0.15) is 0 Å². The number of aromatic amines is 1. The summed E-state index contributed by atoms with van der Waals surface area (Å²) in [7, 11) is 0. The third kappa shape index (κ3) is 2.18. The predicted molar refractivity (Wildman–Crippen MR) is 86.8 cm³/mol. The fourth-order valence-corrected chi connectivity index (χ4v) is 3.05. The molecule has 3 heteroatoms. The number of H-pyrrole nitrogens is 1. The van der Waals surface area contributed by atoms with Crippen molar-refractivity contribution in [2.75, 3.05) is 0 Å². The Kier molecular flexibility index (Phi) is 3.45. The highest BCUT2D eigenvalue weighted by Gasteiger charge is 2.08. The highest BCUT2D eigenvalue weighted by Crippen LogP contribution is 2.21. The molecule has 0 aliphatic rings. The maximum Gasteiger partial charge on any atom is 0.178 e. The van der Waals surface area contributed by atoms with Crippen LogP contribution >= 0.6 is 12.2 Å². The third-order valence-corrected chi connectivity index (χ3v) is 4.14. The van der Waals surface area contributed by atoms with Gasteiger partial charge in [0, 0.05) is 0 Å². The van der Waals surface area contributed by atoms with Crippen molar-refractivity contribution in [2.45, 2.75) is 26.8 Å². The molecule has 0 unspecified atom stereocenters. The lowest BCUT2D eigenvalue weighted by Crippen LogP contribution is -2.03. The molecule has 20 heavy (non-hydrogen) atoms. The number of nitrogens with one attached hydrogen (secondary N) is 1. The first-order valence-corrected chi connectivity index (χ1v) is 7.36. The van der Waals surface area contributed by atoms with Crippen molar-refractivity contribution in [1.29, 1.82) is 0 Å². The number of imidazole rings is 1. The Morgan fingerprint density at radius 2 is 1.80 bits per heavy atom. The van der Waals surface area contributed by atoms with Crippen LogP contribution in [0.5, 0.6) is 0 Å². The average molecular weight is 282 g/mol. The number of benzene rings is 2. The molecule has 1 aromatic heterocycles. The fourth-order valence-electron chi connectivity index (χ4n) is 2.78. The molecule has 0 fully saturated rings. The molecule has 2 aromatic carbocycles. The standard InChI is InChI=1S/C17H18N2S/c1-3-13-8-4-5-9-14(13)11-19-16-12(2)7-6-10-15(16)18-17(19)20/h4-10H,3,11H2,1-2H3,(H,18,20). The summed E-state index contributed by atoms with van der Waals surface area (Å²) >= 11 is 5.50. The summed E-state index contributed by atoms with van der Waals surface area (Å²) < 4.78 is 2.99. The second-order valence-electron chi connectivity index (χ2n) is 5.11. The second-order valence-corrected chi connectivity index (χ2v) is 5.50. The van der Waals surface area contributed by atoms with Gasteiger partial charge >= 0.3 is 0 Å². The molecule has 1 N–H and O–H groups in total. The van der Waals surface area contributed by atoms with Crippen molar-refractivity contribution in [3.05, 3.63) is 63.9 Å². The molecule has 102 valence electrons. The van der Waals surface area contributed by atoms with Gasteiger partial charge in [-0.2, -0.15) is 0 Å². The van der Waals surface area contributed by atoms with E-state index in [1.807, 2.05) is 0 Å². The monoisotopic (exact) mass is 282 g/mol. The quantitative estimate of drug-likeness (QED) is 0.695. The number of para-hydroxylation sites is 1.